The molecule has 0 spiro atoms. The Morgan fingerprint density at radius 3 is 2.35 bits per heavy atom. The zero-order chi connectivity index (χ0) is 13.5. The fourth-order valence-corrected chi connectivity index (χ4v) is 3.24. The Kier molecular flexibility index (Phi) is 2.50. The minimum Gasteiger partial charge on any atom is -0.0622 e. The van der Waals surface area contributed by atoms with Gasteiger partial charge in [-0.05, 0) is 46.7 Å². The first-order valence-corrected chi connectivity index (χ1v) is 7.10. The van der Waals surface area contributed by atoms with Crippen molar-refractivity contribution in [3.05, 3.63) is 83.4 Å². The first kappa shape index (κ1) is 11.5. The van der Waals surface area contributed by atoms with Gasteiger partial charge in [0.1, 0.15) is 0 Å². The largest absolute Gasteiger partial charge is 0.0622 e. The van der Waals surface area contributed by atoms with E-state index in [1.165, 1.54) is 38.9 Å². The molecule has 0 amide bonds. The van der Waals surface area contributed by atoms with Crippen LogP contribution in [-0.4, -0.2) is 0 Å². The molecule has 4 rings (SSSR count). The Labute approximate surface area is 119 Å². The van der Waals surface area contributed by atoms with Gasteiger partial charge in [0, 0.05) is 0 Å². The molecule has 96 valence electrons. The van der Waals surface area contributed by atoms with E-state index in [0.717, 1.165) is 6.42 Å². The third-order valence-electron chi connectivity index (χ3n) is 4.18. The third-order valence-corrected chi connectivity index (χ3v) is 4.18. The van der Waals surface area contributed by atoms with E-state index >= 15 is 0 Å². The smallest absolute Gasteiger partial charge is 0.000719 e. The summed E-state index contributed by atoms with van der Waals surface area (Å²) in [5.74, 6) is 0. The molecule has 0 aliphatic heterocycles. The van der Waals surface area contributed by atoms with E-state index in [4.69, 9.17) is 0 Å². The van der Waals surface area contributed by atoms with Gasteiger partial charge in [-0.25, -0.2) is 0 Å². The maximum absolute atomic E-state index is 2.32. The predicted molar refractivity (Wildman–Crippen MR) is 84.9 cm³/mol. The van der Waals surface area contributed by atoms with E-state index in [1.807, 2.05) is 0 Å². The second-order valence-electron chi connectivity index (χ2n) is 5.54. The summed E-state index contributed by atoms with van der Waals surface area (Å²) in [4.78, 5) is 0. The normalized spacial score (nSPS) is 12.1. The standard InChI is InChI=1S/C20H16/c1-14-10-11-18-16(12-14)13-20-17(8-5-9-19(18)20)15-6-3-2-4-7-15/h2-12H,13H2,1H3. The van der Waals surface area contributed by atoms with Gasteiger partial charge in [-0.2, -0.15) is 0 Å². The van der Waals surface area contributed by atoms with Crippen molar-refractivity contribution >= 4 is 0 Å². The number of fused-ring (bicyclic) bond motifs is 3. The Bertz CT molecular complexity index is 782. The fraction of sp³-hybridized carbons (Fsp3) is 0.100. The van der Waals surface area contributed by atoms with Crippen molar-refractivity contribution in [2.75, 3.05) is 0 Å². The van der Waals surface area contributed by atoms with Gasteiger partial charge in [0.25, 0.3) is 0 Å². The molecule has 0 heteroatoms. The number of hydrogen-bond acceptors (Lipinski definition) is 0. The number of aryl methyl sites for hydroxylation is 1. The van der Waals surface area contributed by atoms with Crippen LogP contribution in [0.5, 0.6) is 0 Å². The number of hydrogen-bond donors (Lipinski definition) is 0. The molecule has 0 aromatic heterocycles. The lowest BCUT2D eigenvalue weighted by Crippen LogP contribution is -1.87. The lowest BCUT2D eigenvalue weighted by Gasteiger charge is -2.08. The van der Waals surface area contributed by atoms with Crippen LogP contribution >= 0.6 is 0 Å². The van der Waals surface area contributed by atoms with Gasteiger partial charge in [-0.1, -0.05) is 72.3 Å². The summed E-state index contributed by atoms with van der Waals surface area (Å²) >= 11 is 0. The maximum Gasteiger partial charge on any atom is -0.000719 e. The average Bonchev–Trinajstić information content (AvgIpc) is 2.85. The average molecular weight is 256 g/mol. The molecule has 0 fully saturated rings. The SMILES string of the molecule is Cc1ccc2c(c1)Cc1c(-c3ccccc3)cccc1-2. The second kappa shape index (κ2) is 4.35. The summed E-state index contributed by atoms with van der Waals surface area (Å²) in [6, 6.07) is 24.2. The van der Waals surface area contributed by atoms with Gasteiger partial charge in [0.15, 0.2) is 0 Å². The Hall–Kier alpha value is -2.34. The van der Waals surface area contributed by atoms with Gasteiger partial charge < -0.3 is 0 Å². The molecule has 1 aliphatic rings. The lowest BCUT2D eigenvalue weighted by atomic mass is 9.96. The Morgan fingerprint density at radius 1 is 0.700 bits per heavy atom. The molecule has 1 aliphatic carbocycles. The van der Waals surface area contributed by atoms with Crippen molar-refractivity contribution in [1.29, 1.82) is 0 Å². The molecule has 0 saturated carbocycles. The van der Waals surface area contributed by atoms with Crippen molar-refractivity contribution in [1.82, 2.24) is 0 Å². The van der Waals surface area contributed by atoms with Crippen molar-refractivity contribution in [2.24, 2.45) is 0 Å². The van der Waals surface area contributed by atoms with Crippen LogP contribution in [0.25, 0.3) is 22.3 Å². The fourth-order valence-electron chi connectivity index (χ4n) is 3.24. The number of rotatable bonds is 1. The molecule has 20 heavy (non-hydrogen) atoms. The Balaban J connectivity index is 1.93. The summed E-state index contributed by atoms with van der Waals surface area (Å²) in [5, 5.41) is 0. The van der Waals surface area contributed by atoms with Crippen molar-refractivity contribution in [3.8, 4) is 22.3 Å². The lowest BCUT2D eigenvalue weighted by molar-refractivity contribution is 1.25. The first-order valence-electron chi connectivity index (χ1n) is 7.10. The highest BCUT2D eigenvalue weighted by molar-refractivity contribution is 5.84. The first-order chi connectivity index (χ1) is 9.83. The minimum absolute atomic E-state index is 1.05. The molecule has 0 unspecified atom stereocenters. The van der Waals surface area contributed by atoms with Crippen molar-refractivity contribution in [3.63, 3.8) is 0 Å². The van der Waals surface area contributed by atoms with Crippen LogP contribution in [0.3, 0.4) is 0 Å². The summed E-state index contributed by atoms with van der Waals surface area (Å²) in [5.41, 5.74) is 9.77. The van der Waals surface area contributed by atoms with Crippen molar-refractivity contribution < 1.29 is 0 Å². The Morgan fingerprint density at radius 2 is 1.50 bits per heavy atom. The topological polar surface area (TPSA) is 0 Å². The molecule has 0 N–H and O–H groups in total. The van der Waals surface area contributed by atoms with Crippen LogP contribution in [0.15, 0.2) is 66.7 Å². The van der Waals surface area contributed by atoms with Crippen LogP contribution in [0.2, 0.25) is 0 Å². The van der Waals surface area contributed by atoms with E-state index in [1.54, 1.807) is 0 Å². The zero-order valence-corrected chi connectivity index (χ0v) is 11.6. The van der Waals surface area contributed by atoms with E-state index < -0.39 is 0 Å². The van der Waals surface area contributed by atoms with Crippen molar-refractivity contribution in [2.45, 2.75) is 13.3 Å². The number of benzene rings is 3. The molecule has 0 bridgehead atoms. The summed E-state index contributed by atoms with van der Waals surface area (Å²) < 4.78 is 0. The minimum atomic E-state index is 1.05. The second-order valence-corrected chi connectivity index (χ2v) is 5.54. The molecule has 3 aromatic rings. The van der Waals surface area contributed by atoms with Gasteiger partial charge in [0.2, 0.25) is 0 Å². The molecular formula is C20H16. The van der Waals surface area contributed by atoms with Crippen LogP contribution in [-0.2, 0) is 6.42 Å². The summed E-state index contributed by atoms with van der Waals surface area (Å²) in [6.45, 7) is 2.17. The monoisotopic (exact) mass is 256 g/mol. The van der Waals surface area contributed by atoms with Crippen LogP contribution in [0.1, 0.15) is 16.7 Å². The van der Waals surface area contributed by atoms with E-state index in [2.05, 4.69) is 73.7 Å². The van der Waals surface area contributed by atoms with E-state index in [0.29, 0.717) is 0 Å². The molecule has 0 saturated heterocycles. The quantitative estimate of drug-likeness (QED) is 0.437. The van der Waals surface area contributed by atoms with Crippen LogP contribution in [0, 0.1) is 6.92 Å². The summed E-state index contributed by atoms with van der Waals surface area (Å²) in [7, 11) is 0. The highest BCUT2D eigenvalue weighted by Gasteiger charge is 2.21. The van der Waals surface area contributed by atoms with Gasteiger partial charge in [0.05, 0.1) is 0 Å². The molecule has 3 aromatic carbocycles. The van der Waals surface area contributed by atoms with Gasteiger partial charge in [-0.15, -0.1) is 0 Å². The van der Waals surface area contributed by atoms with Gasteiger partial charge in [-0.3, -0.25) is 0 Å². The molecule has 0 radical (unpaired) electrons. The highest BCUT2D eigenvalue weighted by atomic mass is 14.2. The molecule has 0 heterocycles. The van der Waals surface area contributed by atoms with Crippen LogP contribution < -0.4 is 0 Å². The van der Waals surface area contributed by atoms with E-state index in [9.17, 15) is 0 Å². The van der Waals surface area contributed by atoms with E-state index in [-0.39, 0.29) is 0 Å². The molecule has 0 nitrogen and oxygen atoms in total. The highest BCUT2D eigenvalue weighted by Crippen LogP contribution is 2.41. The summed E-state index contributed by atoms with van der Waals surface area (Å²) in [6.07, 6.45) is 1.05. The molecular weight excluding hydrogens is 240 g/mol. The maximum atomic E-state index is 2.32. The predicted octanol–water partition coefficient (Wildman–Crippen LogP) is 5.23. The van der Waals surface area contributed by atoms with Gasteiger partial charge >= 0.3 is 0 Å². The third kappa shape index (κ3) is 1.69. The molecule has 0 atom stereocenters. The zero-order valence-electron chi connectivity index (χ0n) is 11.6. The van der Waals surface area contributed by atoms with Crippen LogP contribution in [0.4, 0.5) is 0 Å².